The Labute approximate surface area is 164 Å². The van der Waals surface area contributed by atoms with Gasteiger partial charge in [-0.2, -0.15) is 0 Å². The van der Waals surface area contributed by atoms with Crippen LogP contribution in [0.1, 0.15) is 5.56 Å². The summed E-state index contributed by atoms with van der Waals surface area (Å²) in [6, 6.07) is 9.37. The number of aliphatic imine (C=N–C) groups is 2. The van der Waals surface area contributed by atoms with Gasteiger partial charge in [-0.05, 0) is 24.3 Å². The van der Waals surface area contributed by atoms with Crippen molar-refractivity contribution in [2.24, 2.45) is 9.98 Å². The van der Waals surface area contributed by atoms with Gasteiger partial charge in [0.1, 0.15) is 11.4 Å². The summed E-state index contributed by atoms with van der Waals surface area (Å²) in [5.41, 5.74) is 3.07. The van der Waals surface area contributed by atoms with Crippen LogP contribution in [-0.4, -0.2) is 52.8 Å². The van der Waals surface area contributed by atoms with Gasteiger partial charge in [-0.25, -0.2) is 4.99 Å². The molecule has 0 aliphatic rings. The van der Waals surface area contributed by atoms with Crippen LogP contribution in [0.5, 0.6) is 5.75 Å². The van der Waals surface area contributed by atoms with E-state index in [-0.39, 0.29) is 0 Å². The molecule has 26 heavy (non-hydrogen) atoms. The van der Waals surface area contributed by atoms with Gasteiger partial charge in [-0.1, -0.05) is 23.2 Å². The molecule has 5 nitrogen and oxygen atoms in total. The highest BCUT2D eigenvalue weighted by Crippen LogP contribution is 2.37. The maximum atomic E-state index is 6.29. The Hall–Kier alpha value is -2.24. The van der Waals surface area contributed by atoms with Crippen LogP contribution >= 0.6 is 23.2 Å². The fraction of sp³-hybridized carbons (Fsp3) is 0.263. The second-order valence-electron chi connectivity index (χ2n) is 6.05. The van der Waals surface area contributed by atoms with Crippen LogP contribution in [0.25, 0.3) is 0 Å². The molecule has 0 fully saturated rings. The van der Waals surface area contributed by atoms with E-state index in [0.717, 1.165) is 17.0 Å². The quantitative estimate of drug-likeness (QED) is 0.510. The Morgan fingerprint density at radius 3 is 2.15 bits per heavy atom. The molecule has 0 aliphatic heterocycles. The number of rotatable bonds is 6. The van der Waals surface area contributed by atoms with Gasteiger partial charge in [-0.3, -0.25) is 4.99 Å². The monoisotopic (exact) mass is 392 g/mol. The largest absolute Gasteiger partial charge is 0.496 e. The third-order valence-corrected chi connectivity index (χ3v) is 4.08. The summed E-state index contributed by atoms with van der Waals surface area (Å²) in [4.78, 5) is 12.6. The van der Waals surface area contributed by atoms with Crippen molar-refractivity contribution >= 4 is 52.8 Å². The second-order valence-corrected chi connectivity index (χ2v) is 6.86. The molecule has 0 atom stereocenters. The Bertz CT molecular complexity index is 809. The first-order valence-electron chi connectivity index (χ1n) is 7.91. The van der Waals surface area contributed by atoms with Crippen molar-refractivity contribution in [3.8, 4) is 5.75 Å². The van der Waals surface area contributed by atoms with Crippen molar-refractivity contribution in [1.82, 2.24) is 4.90 Å². The van der Waals surface area contributed by atoms with Gasteiger partial charge >= 0.3 is 0 Å². The lowest BCUT2D eigenvalue weighted by Gasteiger charge is -2.14. The minimum atomic E-state index is 0.442. The highest BCUT2D eigenvalue weighted by molar-refractivity contribution is 6.39. The molecule has 0 saturated carbocycles. The van der Waals surface area contributed by atoms with E-state index in [1.807, 2.05) is 56.2 Å². The van der Waals surface area contributed by atoms with Gasteiger partial charge in [0, 0.05) is 51.7 Å². The zero-order chi connectivity index (χ0) is 19.3. The lowest BCUT2D eigenvalue weighted by Crippen LogP contribution is -2.08. The first kappa shape index (κ1) is 20.1. The van der Waals surface area contributed by atoms with E-state index in [1.54, 1.807) is 31.8 Å². The van der Waals surface area contributed by atoms with Gasteiger partial charge in [0.25, 0.3) is 0 Å². The van der Waals surface area contributed by atoms with E-state index in [4.69, 9.17) is 27.9 Å². The van der Waals surface area contributed by atoms with Crippen molar-refractivity contribution < 1.29 is 4.74 Å². The summed E-state index contributed by atoms with van der Waals surface area (Å²) in [5.74, 6) is 0.740. The number of nitrogens with zero attached hydrogens (tertiary/aromatic N) is 4. The molecule has 0 heterocycles. The molecule has 0 spiro atoms. The molecule has 0 unspecified atom stereocenters. The highest BCUT2D eigenvalue weighted by atomic mass is 35.5. The van der Waals surface area contributed by atoms with Crippen molar-refractivity contribution in [3.05, 3.63) is 45.9 Å². The number of benzene rings is 2. The predicted octanol–water partition coefficient (Wildman–Crippen LogP) is 5.04. The molecule has 2 aromatic carbocycles. The zero-order valence-corrected chi connectivity index (χ0v) is 17.0. The van der Waals surface area contributed by atoms with Crippen LogP contribution in [0.2, 0.25) is 10.0 Å². The van der Waals surface area contributed by atoms with E-state index < -0.39 is 0 Å². The molecule has 0 saturated heterocycles. The topological polar surface area (TPSA) is 40.4 Å². The number of methoxy groups -OCH3 is 1. The minimum absolute atomic E-state index is 0.442. The van der Waals surface area contributed by atoms with Gasteiger partial charge in [0.2, 0.25) is 0 Å². The highest BCUT2D eigenvalue weighted by Gasteiger charge is 2.08. The fourth-order valence-electron chi connectivity index (χ4n) is 2.15. The maximum absolute atomic E-state index is 6.29. The van der Waals surface area contributed by atoms with Crippen LogP contribution in [0.15, 0.2) is 40.3 Å². The summed E-state index contributed by atoms with van der Waals surface area (Å²) in [6.45, 7) is 0. The molecule has 7 heteroatoms. The Morgan fingerprint density at radius 1 is 0.962 bits per heavy atom. The van der Waals surface area contributed by atoms with Crippen molar-refractivity contribution in [1.29, 1.82) is 0 Å². The molecule has 0 radical (unpaired) electrons. The third-order valence-electron chi connectivity index (χ3n) is 3.51. The molecule has 0 amide bonds. The molecule has 0 bridgehead atoms. The average Bonchev–Trinajstić information content (AvgIpc) is 2.58. The third kappa shape index (κ3) is 5.13. The Balaban J connectivity index is 2.31. The van der Waals surface area contributed by atoms with E-state index in [0.29, 0.717) is 21.4 Å². The van der Waals surface area contributed by atoms with Crippen LogP contribution in [0.4, 0.5) is 17.1 Å². The number of hydrogen-bond acceptors (Lipinski definition) is 4. The molecule has 2 rings (SSSR count). The molecular weight excluding hydrogens is 371 g/mol. The SMILES string of the molecule is COc1cc(N(C)C)ccc1C=Nc1cc(Cl)c(N=CN(C)C)c(Cl)c1. The smallest absolute Gasteiger partial charge is 0.129 e. The van der Waals surface area contributed by atoms with E-state index in [2.05, 4.69) is 9.98 Å². The number of anilines is 1. The van der Waals surface area contributed by atoms with E-state index >= 15 is 0 Å². The summed E-state index contributed by atoms with van der Waals surface area (Å²) in [6.07, 6.45) is 3.37. The predicted molar refractivity (Wildman–Crippen MR) is 113 cm³/mol. The van der Waals surface area contributed by atoms with E-state index in [9.17, 15) is 0 Å². The molecule has 138 valence electrons. The first-order valence-corrected chi connectivity index (χ1v) is 8.66. The lowest BCUT2D eigenvalue weighted by atomic mass is 10.2. The summed E-state index contributed by atoms with van der Waals surface area (Å²) >= 11 is 12.6. The minimum Gasteiger partial charge on any atom is -0.496 e. The normalized spacial score (nSPS) is 11.3. The van der Waals surface area contributed by atoms with Crippen molar-refractivity contribution in [2.75, 3.05) is 40.2 Å². The van der Waals surface area contributed by atoms with Gasteiger partial charge < -0.3 is 14.5 Å². The molecular formula is C19H22Cl2N4O. The number of halogens is 2. The summed E-state index contributed by atoms with van der Waals surface area (Å²) in [7, 11) is 9.34. The standard InChI is InChI=1S/C19H22Cl2N4O/c1-24(2)12-23-19-16(20)8-14(9-17(19)21)22-11-13-6-7-15(25(3)4)10-18(13)26-5/h6-12H,1-5H3. The zero-order valence-electron chi connectivity index (χ0n) is 15.5. The van der Waals surface area contributed by atoms with Gasteiger partial charge in [-0.15, -0.1) is 0 Å². The molecule has 0 N–H and O–H groups in total. The second kappa shape index (κ2) is 8.92. The van der Waals surface area contributed by atoms with Crippen LogP contribution in [-0.2, 0) is 0 Å². The van der Waals surface area contributed by atoms with Gasteiger partial charge in [0.15, 0.2) is 0 Å². The number of hydrogen-bond donors (Lipinski definition) is 0. The first-order chi connectivity index (χ1) is 12.3. The molecule has 0 aliphatic carbocycles. The summed E-state index contributed by atoms with van der Waals surface area (Å²) < 4.78 is 5.45. The Kier molecular flexibility index (Phi) is 6.89. The fourth-order valence-corrected chi connectivity index (χ4v) is 2.73. The van der Waals surface area contributed by atoms with Crippen LogP contribution < -0.4 is 9.64 Å². The van der Waals surface area contributed by atoms with Crippen LogP contribution in [0, 0.1) is 0 Å². The number of ether oxygens (including phenoxy) is 1. The van der Waals surface area contributed by atoms with Crippen molar-refractivity contribution in [2.45, 2.75) is 0 Å². The Morgan fingerprint density at radius 2 is 1.62 bits per heavy atom. The van der Waals surface area contributed by atoms with E-state index in [1.165, 1.54) is 0 Å². The summed E-state index contributed by atoms with van der Waals surface area (Å²) in [5, 5.41) is 0.885. The average molecular weight is 393 g/mol. The maximum Gasteiger partial charge on any atom is 0.129 e. The lowest BCUT2D eigenvalue weighted by molar-refractivity contribution is 0.414. The van der Waals surface area contributed by atoms with Crippen molar-refractivity contribution in [3.63, 3.8) is 0 Å². The molecule has 2 aromatic rings. The molecule has 0 aromatic heterocycles. The van der Waals surface area contributed by atoms with Gasteiger partial charge in [0.05, 0.1) is 29.2 Å². The van der Waals surface area contributed by atoms with Crippen LogP contribution in [0.3, 0.4) is 0 Å².